The van der Waals surface area contributed by atoms with Gasteiger partial charge in [-0.15, -0.1) is 0 Å². The Hall–Kier alpha value is -0.910. The Kier molecular flexibility index (Phi) is 4.23. The zero-order valence-electron chi connectivity index (χ0n) is 12.4. The summed E-state index contributed by atoms with van der Waals surface area (Å²) in [6.07, 6.45) is -1.37. The number of alkyl halides is 2. The SMILES string of the molecule is CC(C)(C)OC(=O)N1CCCC2(C(F)F)CCNCC12. The number of fused-ring (bicyclic) bond motifs is 1. The number of amides is 1. The van der Waals surface area contributed by atoms with Crippen molar-refractivity contribution >= 4 is 6.09 Å². The molecular formula is C14H24F2N2O2. The lowest BCUT2D eigenvalue weighted by Gasteiger charge is -2.52. The molecule has 20 heavy (non-hydrogen) atoms. The average molecular weight is 290 g/mol. The van der Waals surface area contributed by atoms with Gasteiger partial charge in [-0.1, -0.05) is 0 Å². The van der Waals surface area contributed by atoms with Crippen molar-refractivity contribution < 1.29 is 18.3 Å². The van der Waals surface area contributed by atoms with Crippen LogP contribution in [0.4, 0.5) is 13.6 Å². The van der Waals surface area contributed by atoms with Crippen LogP contribution in [0.2, 0.25) is 0 Å². The highest BCUT2D eigenvalue weighted by Crippen LogP contribution is 2.45. The molecule has 2 unspecified atom stereocenters. The summed E-state index contributed by atoms with van der Waals surface area (Å²) in [6, 6.07) is -0.472. The highest BCUT2D eigenvalue weighted by molar-refractivity contribution is 5.69. The van der Waals surface area contributed by atoms with Crippen LogP contribution < -0.4 is 5.32 Å². The van der Waals surface area contributed by atoms with Crippen molar-refractivity contribution in [2.24, 2.45) is 5.41 Å². The average Bonchev–Trinajstić information content (AvgIpc) is 2.35. The first kappa shape index (κ1) is 15.5. The standard InChI is InChI=1S/C14H24F2N2O2/c1-13(2,3)20-12(19)18-8-4-5-14(11(15)16)6-7-17-9-10(14)18/h10-11,17H,4-9H2,1-3H3. The number of hydrogen-bond donors (Lipinski definition) is 1. The number of hydrogen-bond acceptors (Lipinski definition) is 3. The van der Waals surface area contributed by atoms with E-state index in [2.05, 4.69) is 5.32 Å². The van der Waals surface area contributed by atoms with Crippen LogP contribution in [-0.2, 0) is 4.74 Å². The summed E-state index contributed by atoms with van der Waals surface area (Å²) in [4.78, 5) is 13.8. The Morgan fingerprint density at radius 3 is 2.70 bits per heavy atom. The fraction of sp³-hybridized carbons (Fsp3) is 0.929. The maximum atomic E-state index is 13.6. The van der Waals surface area contributed by atoms with Crippen LogP contribution in [0.25, 0.3) is 0 Å². The van der Waals surface area contributed by atoms with Crippen molar-refractivity contribution in [2.75, 3.05) is 19.6 Å². The van der Waals surface area contributed by atoms with E-state index in [1.165, 1.54) is 4.90 Å². The van der Waals surface area contributed by atoms with Crippen molar-refractivity contribution in [2.45, 2.75) is 58.1 Å². The van der Waals surface area contributed by atoms with E-state index in [0.29, 0.717) is 38.9 Å². The number of carbonyl (C=O) groups excluding carboxylic acids is 1. The minimum absolute atomic E-state index is 0.411. The monoisotopic (exact) mass is 290 g/mol. The number of likely N-dealkylation sites (tertiary alicyclic amines) is 1. The maximum Gasteiger partial charge on any atom is 0.410 e. The third kappa shape index (κ3) is 2.90. The molecule has 1 amide bonds. The van der Waals surface area contributed by atoms with Crippen LogP contribution >= 0.6 is 0 Å². The predicted molar refractivity (Wildman–Crippen MR) is 71.9 cm³/mol. The number of rotatable bonds is 1. The van der Waals surface area contributed by atoms with Crippen LogP contribution in [0.15, 0.2) is 0 Å². The van der Waals surface area contributed by atoms with E-state index in [4.69, 9.17) is 4.74 Å². The fourth-order valence-electron chi connectivity index (χ4n) is 3.28. The Balaban J connectivity index is 2.19. The lowest BCUT2D eigenvalue weighted by molar-refractivity contribution is -0.109. The minimum atomic E-state index is -2.40. The van der Waals surface area contributed by atoms with Gasteiger partial charge in [-0.25, -0.2) is 13.6 Å². The second-order valence-corrected chi connectivity index (χ2v) is 6.78. The molecule has 2 rings (SSSR count). The Bertz CT molecular complexity index is 367. The summed E-state index contributed by atoms with van der Waals surface area (Å²) in [6.45, 7) is 6.86. The maximum absolute atomic E-state index is 13.6. The first-order valence-corrected chi connectivity index (χ1v) is 7.25. The second-order valence-electron chi connectivity index (χ2n) is 6.78. The van der Waals surface area contributed by atoms with Gasteiger partial charge in [0.2, 0.25) is 6.43 Å². The van der Waals surface area contributed by atoms with Crippen LogP contribution in [-0.4, -0.2) is 48.7 Å². The van der Waals surface area contributed by atoms with Gasteiger partial charge in [-0.2, -0.15) is 0 Å². The highest BCUT2D eigenvalue weighted by atomic mass is 19.3. The summed E-state index contributed by atoms with van der Waals surface area (Å²) < 4.78 is 32.6. The topological polar surface area (TPSA) is 41.6 Å². The second kappa shape index (κ2) is 5.47. The van der Waals surface area contributed by atoms with Gasteiger partial charge in [-0.3, -0.25) is 0 Å². The number of halogens is 2. The summed E-state index contributed by atoms with van der Waals surface area (Å²) >= 11 is 0. The van der Waals surface area contributed by atoms with Gasteiger partial charge in [-0.05, 0) is 46.6 Å². The molecule has 0 radical (unpaired) electrons. The molecule has 0 aromatic rings. The molecule has 0 bridgehead atoms. The molecule has 0 aliphatic carbocycles. The number of ether oxygens (including phenoxy) is 1. The van der Waals surface area contributed by atoms with Crippen LogP contribution in [0.3, 0.4) is 0 Å². The smallest absolute Gasteiger partial charge is 0.410 e. The van der Waals surface area contributed by atoms with Crippen molar-refractivity contribution in [3.63, 3.8) is 0 Å². The van der Waals surface area contributed by atoms with E-state index in [1.807, 2.05) is 0 Å². The van der Waals surface area contributed by atoms with Gasteiger partial charge in [0.25, 0.3) is 0 Å². The van der Waals surface area contributed by atoms with Crippen LogP contribution in [0, 0.1) is 5.41 Å². The quantitative estimate of drug-likeness (QED) is 0.807. The van der Waals surface area contributed by atoms with E-state index in [-0.39, 0.29) is 0 Å². The Labute approximate surface area is 118 Å². The lowest BCUT2D eigenvalue weighted by Crippen LogP contribution is -2.64. The summed E-state index contributed by atoms with van der Waals surface area (Å²) in [5.41, 5.74) is -1.68. The number of carbonyl (C=O) groups is 1. The molecule has 4 nitrogen and oxygen atoms in total. The highest BCUT2D eigenvalue weighted by Gasteiger charge is 2.53. The van der Waals surface area contributed by atoms with E-state index in [0.717, 1.165) is 0 Å². The van der Waals surface area contributed by atoms with Crippen LogP contribution in [0.1, 0.15) is 40.0 Å². The molecular weight excluding hydrogens is 266 g/mol. The molecule has 0 saturated carbocycles. The van der Waals surface area contributed by atoms with E-state index >= 15 is 0 Å². The van der Waals surface area contributed by atoms with E-state index < -0.39 is 29.6 Å². The molecule has 2 saturated heterocycles. The van der Waals surface area contributed by atoms with Crippen molar-refractivity contribution in [3.05, 3.63) is 0 Å². The molecule has 2 aliphatic heterocycles. The van der Waals surface area contributed by atoms with Gasteiger partial charge >= 0.3 is 6.09 Å². The Morgan fingerprint density at radius 1 is 1.40 bits per heavy atom. The zero-order chi connectivity index (χ0) is 15.0. The van der Waals surface area contributed by atoms with E-state index in [1.54, 1.807) is 20.8 Å². The molecule has 0 aromatic heterocycles. The first-order chi connectivity index (χ1) is 9.26. The Morgan fingerprint density at radius 2 is 2.10 bits per heavy atom. The van der Waals surface area contributed by atoms with Gasteiger partial charge in [0.15, 0.2) is 0 Å². The zero-order valence-corrected chi connectivity index (χ0v) is 12.4. The van der Waals surface area contributed by atoms with Crippen molar-refractivity contribution in [1.82, 2.24) is 10.2 Å². The first-order valence-electron chi connectivity index (χ1n) is 7.25. The molecule has 2 atom stereocenters. The number of nitrogens with one attached hydrogen (secondary N) is 1. The molecule has 0 aromatic carbocycles. The van der Waals surface area contributed by atoms with Gasteiger partial charge in [0.05, 0.1) is 11.5 Å². The third-order valence-electron chi connectivity index (χ3n) is 4.25. The summed E-state index contributed by atoms with van der Waals surface area (Å²) in [7, 11) is 0. The molecule has 1 N–H and O–H groups in total. The minimum Gasteiger partial charge on any atom is -0.444 e. The molecule has 2 fully saturated rings. The molecule has 6 heteroatoms. The van der Waals surface area contributed by atoms with E-state index in [9.17, 15) is 13.6 Å². The third-order valence-corrected chi connectivity index (χ3v) is 4.25. The predicted octanol–water partition coefficient (Wildman–Crippen LogP) is 2.63. The van der Waals surface area contributed by atoms with Gasteiger partial charge in [0, 0.05) is 13.1 Å². The molecule has 0 spiro atoms. The number of nitrogens with zero attached hydrogens (tertiary/aromatic N) is 1. The molecule has 2 aliphatic rings. The van der Waals surface area contributed by atoms with Gasteiger partial charge < -0.3 is 15.0 Å². The fourth-order valence-corrected chi connectivity index (χ4v) is 3.28. The van der Waals surface area contributed by atoms with Gasteiger partial charge in [0.1, 0.15) is 5.60 Å². The summed E-state index contributed by atoms with van der Waals surface area (Å²) in [5, 5.41) is 3.13. The molecule has 2 heterocycles. The largest absolute Gasteiger partial charge is 0.444 e. The van der Waals surface area contributed by atoms with Crippen molar-refractivity contribution in [3.8, 4) is 0 Å². The van der Waals surface area contributed by atoms with Crippen LogP contribution in [0.5, 0.6) is 0 Å². The lowest BCUT2D eigenvalue weighted by atomic mass is 9.69. The number of piperidine rings is 2. The normalized spacial score (nSPS) is 31.1. The summed E-state index contributed by atoms with van der Waals surface area (Å²) in [5.74, 6) is 0. The molecule has 116 valence electrons. The van der Waals surface area contributed by atoms with Crippen molar-refractivity contribution in [1.29, 1.82) is 0 Å².